The van der Waals surface area contributed by atoms with Gasteiger partial charge in [-0.15, -0.1) is 5.10 Å². The number of methoxy groups -OCH3 is 1. The molecule has 0 fully saturated rings. The Hall–Kier alpha value is -2.97. The molecule has 25 heavy (non-hydrogen) atoms. The van der Waals surface area contributed by atoms with Gasteiger partial charge in [-0.1, -0.05) is 13.8 Å². The highest BCUT2D eigenvalue weighted by Crippen LogP contribution is 2.25. The summed E-state index contributed by atoms with van der Waals surface area (Å²) in [6.07, 6.45) is 2.28. The summed E-state index contributed by atoms with van der Waals surface area (Å²) < 4.78 is 6.66. The van der Waals surface area contributed by atoms with Crippen LogP contribution in [0.1, 0.15) is 43.5 Å². The van der Waals surface area contributed by atoms with Gasteiger partial charge in [-0.05, 0) is 41.5 Å². The number of hydrogen-bond acceptors (Lipinski definition) is 6. The number of ether oxygens (including phenoxy) is 1. The number of carboxylic acid groups (broad SMARTS) is 1. The Morgan fingerprint density at radius 3 is 2.56 bits per heavy atom. The van der Waals surface area contributed by atoms with Crippen molar-refractivity contribution in [3.05, 3.63) is 30.1 Å². The molecule has 0 bridgehead atoms. The number of tetrazole rings is 1. The molecule has 1 aromatic carbocycles. The van der Waals surface area contributed by atoms with Crippen molar-refractivity contribution in [2.24, 2.45) is 0 Å². The molecule has 9 nitrogen and oxygen atoms in total. The molecule has 1 aromatic heterocycles. The molecule has 2 aromatic rings. The lowest BCUT2D eigenvalue weighted by Gasteiger charge is -2.31. The number of aliphatic carboxylic acids is 1. The number of benzene rings is 1. The van der Waals surface area contributed by atoms with E-state index in [-0.39, 0.29) is 12.3 Å². The van der Waals surface area contributed by atoms with Gasteiger partial charge in [0.1, 0.15) is 17.8 Å². The second-order valence-corrected chi connectivity index (χ2v) is 5.65. The monoisotopic (exact) mass is 347 g/mol. The number of nitrogens with zero attached hydrogens (tertiary/aromatic N) is 4. The first-order valence-electron chi connectivity index (χ1n) is 7.90. The molecule has 0 unspecified atom stereocenters. The molecule has 0 aliphatic heterocycles. The molecule has 1 amide bonds. The van der Waals surface area contributed by atoms with Crippen LogP contribution < -0.4 is 10.1 Å². The van der Waals surface area contributed by atoms with E-state index in [9.17, 15) is 9.59 Å². The minimum absolute atomic E-state index is 0.137. The van der Waals surface area contributed by atoms with Crippen LogP contribution in [0.25, 0.3) is 5.69 Å². The zero-order chi connectivity index (χ0) is 18.4. The lowest BCUT2D eigenvalue weighted by molar-refractivity contribution is -0.138. The topological polar surface area (TPSA) is 119 Å². The third-order valence-corrected chi connectivity index (χ3v) is 4.26. The number of carboxylic acids is 1. The van der Waals surface area contributed by atoms with Gasteiger partial charge in [0.25, 0.3) is 5.91 Å². The summed E-state index contributed by atoms with van der Waals surface area (Å²) in [5.74, 6) is -0.804. The number of aromatic nitrogens is 4. The number of hydrogen-bond donors (Lipinski definition) is 2. The molecule has 134 valence electrons. The molecule has 0 spiro atoms. The average molecular weight is 347 g/mol. The third-order valence-electron chi connectivity index (χ3n) is 4.26. The Morgan fingerprint density at radius 2 is 2.04 bits per heavy atom. The lowest BCUT2D eigenvalue weighted by Crippen LogP contribution is -2.49. The third kappa shape index (κ3) is 4.11. The summed E-state index contributed by atoms with van der Waals surface area (Å²) in [6.45, 7) is 3.71. The first-order chi connectivity index (χ1) is 11.9. The molecule has 0 saturated heterocycles. The smallest absolute Gasteiger partial charge is 0.305 e. The molecule has 0 aliphatic rings. The molecule has 2 N–H and O–H groups in total. The van der Waals surface area contributed by atoms with Crippen LogP contribution in [0.15, 0.2) is 24.5 Å². The quantitative estimate of drug-likeness (QED) is 0.741. The van der Waals surface area contributed by atoms with Crippen LogP contribution in [0.2, 0.25) is 0 Å². The van der Waals surface area contributed by atoms with Crippen LogP contribution in [0.5, 0.6) is 5.75 Å². The molecule has 9 heteroatoms. The van der Waals surface area contributed by atoms with Gasteiger partial charge in [0.05, 0.1) is 19.1 Å². The maximum Gasteiger partial charge on any atom is 0.305 e. The van der Waals surface area contributed by atoms with Gasteiger partial charge in [0, 0.05) is 5.56 Å². The zero-order valence-corrected chi connectivity index (χ0v) is 14.4. The van der Waals surface area contributed by atoms with Gasteiger partial charge in [-0.2, -0.15) is 4.68 Å². The summed E-state index contributed by atoms with van der Waals surface area (Å²) in [5, 5.41) is 23.0. The molecule has 2 rings (SSSR count). The van der Waals surface area contributed by atoms with E-state index in [4.69, 9.17) is 9.84 Å². The first kappa shape index (κ1) is 18.4. The fourth-order valence-corrected chi connectivity index (χ4v) is 2.61. The van der Waals surface area contributed by atoms with Crippen molar-refractivity contribution in [3.63, 3.8) is 0 Å². The van der Waals surface area contributed by atoms with Gasteiger partial charge < -0.3 is 15.2 Å². The molecule has 0 saturated carbocycles. The summed E-state index contributed by atoms with van der Waals surface area (Å²) >= 11 is 0. The molecule has 0 aliphatic carbocycles. The van der Waals surface area contributed by atoms with Crippen LogP contribution >= 0.6 is 0 Å². The van der Waals surface area contributed by atoms with Crippen molar-refractivity contribution in [1.82, 2.24) is 25.5 Å². The molecule has 0 radical (unpaired) electrons. The second kappa shape index (κ2) is 7.73. The zero-order valence-electron chi connectivity index (χ0n) is 14.4. The highest BCUT2D eigenvalue weighted by atomic mass is 16.5. The molecular formula is C16H21N5O4. The fraction of sp³-hybridized carbons (Fsp3) is 0.438. The number of rotatable bonds is 8. The van der Waals surface area contributed by atoms with Crippen LogP contribution in [-0.2, 0) is 4.79 Å². The van der Waals surface area contributed by atoms with E-state index in [0.29, 0.717) is 29.8 Å². The van der Waals surface area contributed by atoms with Crippen molar-refractivity contribution in [3.8, 4) is 11.4 Å². The summed E-state index contributed by atoms with van der Waals surface area (Å²) in [4.78, 5) is 23.8. The van der Waals surface area contributed by atoms with Crippen LogP contribution in [-0.4, -0.2) is 49.8 Å². The maximum absolute atomic E-state index is 12.7. The Bertz CT molecular complexity index is 741. The normalized spacial score (nSPS) is 11.2. The van der Waals surface area contributed by atoms with E-state index in [2.05, 4.69) is 20.8 Å². The van der Waals surface area contributed by atoms with Gasteiger partial charge in [-0.3, -0.25) is 9.59 Å². The minimum Gasteiger partial charge on any atom is -0.494 e. The lowest BCUT2D eigenvalue weighted by atomic mass is 9.88. The predicted octanol–water partition coefficient (Wildman–Crippen LogP) is 1.43. The van der Waals surface area contributed by atoms with E-state index < -0.39 is 11.5 Å². The Kier molecular flexibility index (Phi) is 5.68. The van der Waals surface area contributed by atoms with Gasteiger partial charge >= 0.3 is 5.97 Å². The minimum atomic E-state index is -0.951. The number of carbonyl (C=O) groups excluding carboxylic acids is 1. The van der Waals surface area contributed by atoms with E-state index in [1.165, 1.54) is 18.1 Å². The van der Waals surface area contributed by atoms with E-state index in [1.54, 1.807) is 18.2 Å². The fourth-order valence-electron chi connectivity index (χ4n) is 2.61. The van der Waals surface area contributed by atoms with Crippen molar-refractivity contribution in [2.45, 2.75) is 38.6 Å². The summed E-state index contributed by atoms with van der Waals surface area (Å²) in [5.41, 5.74) is 0.0811. The van der Waals surface area contributed by atoms with Crippen LogP contribution in [0.4, 0.5) is 0 Å². The SMILES string of the molecule is CCC(CC)(CC(=O)O)NC(=O)c1ccc(OC)c(-n2cnnn2)c1. The van der Waals surface area contributed by atoms with Crippen molar-refractivity contribution >= 4 is 11.9 Å². The highest BCUT2D eigenvalue weighted by Gasteiger charge is 2.31. The number of amides is 1. The van der Waals surface area contributed by atoms with Gasteiger partial charge in [0.2, 0.25) is 0 Å². The Morgan fingerprint density at radius 1 is 1.32 bits per heavy atom. The van der Waals surface area contributed by atoms with E-state index >= 15 is 0 Å². The van der Waals surface area contributed by atoms with Crippen molar-refractivity contribution < 1.29 is 19.4 Å². The Balaban J connectivity index is 2.33. The van der Waals surface area contributed by atoms with Crippen molar-refractivity contribution in [1.29, 1.82) is 0 Å². The standard InChI is InChI=1S/C16H21N5O4/c1-4-16(5-2,9-14(22)23)18-15(24)11-6-7-13(25-3)12(8-11)21-10-17-19-20-21/h6-8,10H,4-5,9H2,1-3H3,(H,18,24)(H,22,23). The average Bonchev–Trinajstić information content (AvgIpc) is 3.14. The van der Waals surface area contributed by atoms with Gasteiger partial charge in [0.15, 0.2) is 0 Å². The van der Waals surface area contributed by atoms with E-state index in [1.807, 2.05) is 13.8 Å². The van der Waals surface area contributed by atoms with Crippen LogP contribution in [0, 0.1) is 0 Å². The Labute approximate surface area is 145 Å². The molecule has 1 heterocycles. The second-order valence-electron chi connectivity index (χ2n) is 5.65. The number of carbonyl (C=O) groups is 2. The predicted molar refractivity (Wildman–Crippen MR) is 88.7 cm³/mol. The first-order valence-corrected chi connectivity index (χ1v) is 7.90. The van der Waals surface area contributed by atoms with Crippen LogP contribution in [0.3, 0.4) is 0 Å². The number of nitrogens with one attached hydrogen (secondary N) is 1. The van der Waals surface area contributed by atoms with E-state index in [0.717, 1.165) is 0 Å². The highest BCUT2D eigenvalue weighted by molar-refractivity contribution is 5.95. The largest absolute Gasteiger partial charge is 0.494 e. The van der Waals surface area contributed by atoms with Crippen molar-refractivity contribution in [2.75, 3.05) is 7.11 Å². The molecular weight excluding hydrogens is 326 g/mol. The van der Waals surface area contributed by atoms with Gasteiger partial charge in [-0.25, -0.2) is 0 Å². The summed E-state index contributed by atoms with van der Waals surface area (Å²) in [7, 11) is 1.51. The molecule has 0 atom stereocenters. The summed E-state index contributed by atoms with van der Waals surface area (Å²) in [6, 6.07) is 4.85. The maximum atomic E-state index is 12.7.